The Morgan fingerprint density at radius 3 is 2.56 bits per heavy atom. The summed E-state index contributed by atoms with van der Waals surface area (Å²) >= 11 is 0. The maximum Gasteiger partial charge on any atom is 0.144 e. The average Bonchev–Trinajstić information content (AvgIpc) is 3.12. The van der Waals surface area contributed by atoms with Gasteiger partial charge in [-0.1, -0.05) is 6.92 Å². The monoisotopic (exact) mass is 451 g/mol. The summed E-state index contributed by atoms with van der Waals surface area (Å²) in [6, 6.07) is -0.483. The summed E-state index contributed by atoms with van der Waals surface area (Å²) in [5.74, 6) is -1.47. The summed E-state index contributed by atoms with van der Waals surface area (Å²) in [4.78, 5) is 15.9. The van der Waals surface area contributed by atoms with Gasteiger partial charge in [0, 0.05) is 57.0 Å². The molecule has 1 aliphatic heterocycles. The lowest BCUT2D eigenvalue weighted by molar-refractivity contribution is -0.300. The van der Waals surface area contributed by atoms with Crippen molar-refractivity contribution in [2.75, 3.05) is 41.0 Å². The summed E-state index contributed by atoms with van der Waals surface area (Å²) in [6.45, 7) is 3.91. The quantitative estimate of drug-likeness (QED) is 0.529. The fraction of sp³-hybridized carbons (Fsp3) is 0.958. The number of methoxy groups -OCH3 is 3. The summed E-state index contributed by atoms with van der Waals surface area (Å²) in [6.07, 6.45) is 0.556. The number of Topliss-reactive ketones (excluding diaryl/α,β-unsaturated/α-hetero) is 1. The highest BCUT2D eigenvalue weighted by atomic mass is 16.5. The van der Waals surface area contributed by atoms with Gasteiger partial charge >= 0.3 is 0 Å². The predicted molar refractivity (Wildman–Crippen MR) is 113 cm³/mol. The van der Waals surface area contributed by atoms with E-state index >= 15 is 0 Å². The molecule has 5 saturated carbocycles. The Morgan fingerprint density at radius 2 is 1.94 bits per heavy atom. The summed E-state index contributed by atoms with van der Waals surface area (Å²) in [7, 11) is 4.97. The molecule has 0 radical (unpaired) electrons. The molecular formula is C24H37NO7. The highest BCUT2D eigenvalue weighted by Gasteiger charge is 2.91. The number of fused-ring (bicyclic) bond motifs is 2. The van der Waals surface area contributed by atoms with Gasteiger partial charge in [0.25, 0.3) is 0 Å². The van der Waals surface area contributed by atoms with E-state index in [1.165, 1.54) is 0 Å². The first kappa shape index (κ1) is 21.9. The number of hydrogen-bond donors (Lipinski definition) is 3. The number of ketones is 1. The Kier molecular flexibility index (Phi) is 4.47. The van der Waals surface area contributed by atoms with Gasteiger partial charge in [0.15, 0.2) is 0 Å². The van der Waals surface area contributed by atoms with Crippen molar-refractivity contribution in [2.45, 2.75) is 68.2 Å². The molecule has 0 aromatic rings. The molecule has 1 saturated heterocycles. The summed E-state index contributed by atoms with van der Waals surface area (Å²) in [5, 5.41) is 36.9. The first-order valence-corrected chi connectivity index (χ1v) is 12.2. The van der Waals surface area contributed by atoms with Gasteiger partial charge in [0.2, 0.25) is 0 Å². The molecule has 8 heteroatoms. The van der Waals surface area contributed by atoms with Crippen molar-refractivity contribution in [1.82, 2.24) is 4.90 Å². The summed E-state index contributed by atoms with van der Waals surface area (Å²) in [5.41, 5.74) is -4.56. The van der Waals surface area contributed by atoms with Crippen molar-refractivity contribution >= 4 is 5.78 Å². The van der Waals surface area contributed by atoms with E-state index < -0.39 is 40.8 Å². The van der Waals surface area contributed by atoms with E-state index in [2.05, 4.69) is 11.8 Å². The van der Waals surface area contributed by atoms with Crippen LogP contribution in [0.2, 0.25) is 0 Å². The minimum absolute atomic E-state index is 0.0129. The number of nitrogens with zero attached hydrogens (tertiary/aromatic N) is 1. The zero-order valence-electron chi connectivity index (χ0n) is 19.5. The minimum atomic E-state index is -1.84. The highest BCUT2D eigenvalue weighted by Crippen LogP contribution is 2.79. The topological polar surface area (TPSA) is 109 Å². The zero-order chi connectivity index (χ0) is 22.8. The highest BCUT2D eigenvalue weighted by molar-refractivity contribution is 5.90. The second-order valence-corrected chi connectivity index (χ2v) is 11.5. The standard InChI is InChI=1S/C24H37NO7/c1-5-25-10-21(11-30-2)7-6-15(32-4)23-13-8-12-14(31-3)9-22(28,16(13)17(12)26)24(29,20(23)25)19(27)18(21)23/h12-16,18-20,27-29H,5-11H2,1-4H3/t12-,13-,14+,15+,16-,18-,19+,20+,21+,22-,23+,24-/m1/s1. The first-order chi connectivity index (χ1) is 15.2. The maximum atomic E-state index is 13.7. The molecule has 3 N–H and O–H groups in total. The van der Waals surface area contributed by atoms with Crippen LogP contribution in [0.3, 0.4) is 0 Å². The number of hydrogen-bond acceptors (Lipinski definition) is 8. The SMILES string of the molecule is CCN1C[C@]2(COC)CC[C@H](OC)[C@@]34[C@@H]5C[C@H]6C(=O)[C@@H]5[C@](O)(C[C@@H]6OC)[C@@](O)([C@@H](O)[C@H]23)[C@@H]14. The van der Waals surface area contributed by atoms with Gasteiger partial charge in [-0.15, -0.1) is 0 Å². The molecule has 1 heterocycles. The van der Waals surface area contributed by atoms with Gasteiger partial charge < -0.3 is 29.5 Å². The van der Waals surface area contributed by atoms with Crippen LogP contribution < -0.4 is 0 Å². The van der Waals surface area contributed by atoms with E-state index in [0.29, 0.717) is 26.1 Å². The lowest BCUT2D eigenvalue weighted by atomic mass is 9.43. The van der Waals surface area contributed by atoms with Crippen LogP contribution in [0.15, 0.2) is 0 Å². The van der Waals surface area contributed by atoms with Crippen molar-refractivity contribution < 1.29 is 34.3 Å². The molecule has 180 valence electrons. The molecule has 5 aliphatic carbocycles. The Hall–Kier alpha value is -0.610. The van der Waals surface area contributed by atoms with E-state index in [-0.39, 0.29) is 41.5 Å². The van der Waals surface area contributed by atoms with Crippen LogP contribution in [0.1, 0.15) is 32.6 Å². The van der Waals surface area contributed by atoms with Gasteiger partial charge in [-0.25, -0.2) is 0 Å². The third kappa shape index (κ3) is 1.94. The van der Waals surface area contributed by atoms with Crippen molar-refractivity contribution in [3.63, 3.8) is 0 Å². The average molecular weight is 452 g/mol. The molecule has 6 aliphatic rings. The minimum Gasteiger partial charge on any atom is -0.390 e. The van der Waals surface area contributed by atoms with Crippen molar-refractivity contribution in [1.29, 1.82) is 0 Å². The Balaban J connectivity index is 1.67. The smallest absolute Gasteiger partial charge is 0.144 e. The van der Waals surface area contributed by atoms with Crippen molar-refractivity contribution in [3.05, 3.63) is 0 Å². The Bertz CT molecular complexity index is 839. The first-order valence-electron chi connectivity index (χ1n) is 12.2. The van der Waals surface area contributed by atoms with Crippen LogP contribution in [0.25, 0.3) is 0 Å². The van der Waals surface area contributed by atoms with E-state index in [1.807, 2.05) is 0 Å². The van der Waals surface area contributed by atoms with E-state index in [1.54, 1.807) is 21.3 Å². The van der Waals surface area contributed by atoms with Gasteiger partial charge in [-0.3, -0.25) is 9.69 Å². The number of aliphatic hydroxyl groups excluding tert-OH is 1. The lowest BCUT2D eigenvalue weighted by Crippen LogP contribution is -2.81. The Labute approximate surface area is 189 Å². The Morgan fingerprint density at radius 1 is 1.19 bits per heavy atom. The number of aliphatic hydroxyl groups is 3. The van der Waals surface area contributed by atoms with E-state index in [9.17, 15) is 20.1 Å². The van der Waals surface area contributed by atoms with Crippen LogP contribution in [-0.4, -0.2) is 103 Å². The fourth-order valence-corrected chi connectivity index (χ4v) is 10.4. The molecule has 32 heavy (non-hydrogen) atoms. The second-order valence-electron chi connectivity index (χ2n) is 11.5. The largest absolute Gasteiger partial charge is 0.390 e. The van der Waals surface area contributed by atoms with Crippen molar-refractivity contribution in [2.24, 2.45) is 34.5 Å². The molecule has 6 fully saturated rings. The molecule has 8 nitrogen and oxygen atoms in total. The molecule has 0 amide bonds. The third-order valence-corrected chi connectivity index (χ3v) is 11.0. The molecule has 0 unspecified atom stereocenters. The lowest BCUT2D eigenvalue weighted by Gasteiger charge is -2.69. The van der Waals surface area contributed by atoms with Gasteiger partial charge in [-0.05, 0) is 31.7 Å². The fourth-order valence-electron chi connectivity index (χ4n) is 10.4. The third-order valence-electron chi connectivity index (χ3n) is 11.0. The predicted octanol–water partition coefficient (Wildman–Crippen LogP) is -0.175. The molecule has 1 spiro atoms. The number of piperidine rings is 1. The van der Waals surface area contributed by atoms with E-state index in [0.717, 1.165) is 12.8 Å². The van der Waals surface area contributed by atoms with Crippen LogP contribution in [0.4, 0.5) is 0 Å². The van der Waals surface area contributed by atoms with Crippen molar-refractivity contribution in [3.8, 4) is 0 Å². The number of rotatable bonds is 5. The molecule has 12 atom stereocenters. The molecule has 0 aromatic carbocycles. The normalized spacial score (nSPS) is 60.2. The molecule has 7 bridgehead atoms. The number of likely N-dealkylation sites (tertiary alicyclic amines) is 1. The molecule has 0 aromatic heterocycles. The number of likely N-dealkylation sites (N-methyl/N-ethyl adjacent to an activating group) is 1. The van der Waals surface area contributed by atoms with Crippen LogP contribution in [-0.2, 0) is 19.0 Å². The number of carbonyl (C=O) groups is 1. The van der Waals surface area contributed by atoms with Crippen LogP contribution in [0, 0.1) is 34.5 Å². The van der Waals surface area contributed by atoms with Gasteiger partial charge in [0.1, 0.15) is 17.0 Å². The zero-order valence-corrected chi connectivity index (χ0v) is 19.5. The van der Waals surface area contributed by atoms with E-state index in [4.69, 9.17) is 14.2 Å². The van der Waals surface area contributed by atoms with Gasteiger partial charge in [0.05, 0.1) is 36.9 Å². The summed E-state index contributed by atoms with van der Waals surface area (Å²) < 4.78 is 17.6. The molecule has 6 rings (SSSR count). The second kappa shape index (κ2) is 6.53. The molecular weight excluding hydrogens is 414 g/mol. The maximum absolute atomic E-state index is 13.7. The van der Waals surface area contributed by atoms with Crippen LogP contribution >= 0.6 is 0 Å². The number of ether oxygens (including phenoxy) is 3. The number of carbonyl (C=O) groups excluding carboxylic acids is 1. The van der Waals surface area contributed by atoms with Gasteiger partial charge in [-0.2, -0.15) is 0 Å². The van der Waals surface area contributed by atoms with Crippen LogP contribution in [0.5, 0.6) is 0 Å².